The predicted octanol–water partition coefficient (Wildman–Crippen LogP) is 2.24. The Labute approximate surface area is 63.6 Å². The normalized spacial score (nSPS) is 8.70. The lowest BCUT2D eigenvalue weighted by atomic mass is 10.2. The fourth-order valence-corrected chi connectivity index (χ4v) is 0.612. The van der Waals surface area contributed by atoms with Crippen molar-refractivity contribution in [3.63, 3.8) is 0 Å². The molecular formula is C9H17N. The fourth-order valence-electron chi connectivity index (χ4n) is 0.612. The first kappa shape index (κ1) is 9.48. The van der Waals surface area contributed by atoms with E-state index in [0.29, 0.717) is 6.54 Å². The van der Waals surface area contributed by atoms with Gasteiger partial charge in [0.1, 0.15) is 0 Å². The van der Waals surface area contributed by atoms with Crippen LogP contribution in [0.3, 0.4) is 0 Å². The van der Waals surface area contributed by atoms with E-state index in [4.69, 9.17) is 5.73 Å². The first-order valence-corrected chi connectivity index (χ1v) is 3.92. The minimum atomic E-state index is 0.628. The second kappa shape index (κ2) is 6.60. The van der Waals surface area contributed by atoms with E-state index in [1.807, 2.05) is 6.92 Å². The highest BCUT2D eigenvalue weighted by Gasteiger charge is 1.78. The van der Waals surface area contributed by atoms with Crippen molar-refractivity contribution in [2.24, 2.45) is 5.73 Å². The van der Waals surface area contributed by atoms with E-state index in [1.54, 1.807) is 0 Å². The van der Waals surface area contributed by atoms with Crippen LogP contribution in [-0.2, 0) is 0 Å². The van der Waals surface area contributed by atoms with E-state index < -0.39 is 0 Å². The van der Waals surface area contributed by atoms with Crippen molar-refractivity contribution in [2.75, 3.05) is 6.54 Å². The number of hydrogen-bond donors (Lipinski definition) is 1. The molecule has 2 N–H and O–H groups in total. The van der Waals surface area contributed by atoms with Gasteiger partial charge in [0.25, 0.3) is 0 Å². The lowest BCUT2D eigenvalue weighted by Crippen LogP contribution is -1.97. The highest BCUT2D eigenvalue weighted by atomic mass is 14.5. The summed E-state index contributed by atoms with van der Waals surface area (Å²) in [5.74, 6) is 0. The molecule has 0 aromatic rings. The van der Waals surface area contributed by atoms with Crippen molar-refractivity contribution in [1.29, 1.82) is 0 Å². The van der Waals surface area contributed by atoms with Gasteiger partial charge in [0.15, 0.2) is 0 Å². The molecule has 10 heavy (non-hydrogen) atoms. The third-order valence-electron chi connectivity index (χ3n) is 1.36. The van der Waals surface area contributed by atoms with Crippen LogP contribution in [0.2, 0.25) is 0 Å². The van der Waals surface area contributed by atoms with Gasteiger partial charge in [-0.3, -0.25) is 0 Å². The van der Waals surface area contributed by atoms with Crippen LogP contribution in [0.15, 0.2) is 17.4 Å². The summed E-state index contributed by atoms with van der Waals surface area (Å²) in [6.45, 7) is 4.82. The van der Waals surface area contributed by atoms with Gasteiger partial charge in [-0.05, 0) is 31.4 Å². The third-order valence-corrected chi connectivity index (χ3v) is 1.36. The van der Waals surface area contributed by atoms with E-state index in [1.165, 1.54) is 12.8 Å². The van der Waals surface area contributed by atoms with Gasteiger partial charge in [0.05, 0.1) is 0 Å². The zero-order valence-electron chi connectivity index (χ0n) is 6.98. The molecule has 0 amide bonds. The van der Waals surface area contributed by atoms with Gasteiger partial charge >= 0.3 is 0 Å². The van der Waals surface area contributed by atoms with Crippen molar-refractivity contribution < 1.29 is 0 Å². The summed E-state index contributed by atoms with van der Waals surface area (Å²) in [6.07, 6.45) is 5.71. The summed E-state index contributed by atoms with van der Waals surface area (Å²) in [6, 6.07) is 0. The third kappa shape index (κ3) is 5.61. The minimum Gasteiger partial charge on any atom is -0.326 e. The Bertz CT molecular complexity index is 130. The summed E-state index contributed by atoms with van der Waals surface area (Å²) in [4.78, 5) is 0. The Balaban J connectivity index is 3.52. The zero-order chi connectivity index (χ0) is 7.82. The average Bonchev–Trinajstić information content (AvgIpc) is 1.98. The minimum absolute atomic E-state index is 0.628. The molecule has 0 aromatic heterocycles. The van der Waals surface area contributed by atoms with Crippen LogP contribution in [0, 0.1) is 0 Å². The molecule has 58 valence electrons. The summed E-state index contributed by atoms with van der Waals surface area (Å²) in [7, 11) is 0. The first-order valence-electron chi connectivity index (χ1n) is 3.92. The lowest BCUT2D eigenvalue weighted by molar-refractivity contribution is 0.815. The van der Waals surface area contributed by atoms with Crippen molar-refractivity contribution in [1.82, 2.24) is 0 Å². The van der Waals surface area contributed by atoms with Crippen LogP contribution >= 0.6 is 0 Å². The van der Waals surface area contributed by atoms with E-state index in [9.17, 15) is 0 Å². The van der Waals surface area contributed by atoms with Gasteiger partial charge in [-0.2, -0.15) is 0 Å². The first-order chi connectivity index (χ1) is 4.81. The Morgan fingerprint density at radius 2 is 2.30 bits per heavy atom. The highest BCUT2D eigenvalue weighted by molar-refractivity contribution is 4.98. The number of nitrogens with two attached hydrogens (primary N) is 1. The van der Waals surface area contributed by atoms with Crippen molar-refractivity contribution >= 4 is 0 Å². The maximum Gasteiger partial charge on any atom is 0.0210 e. The van der Waals surface area contributed by atoms with Crippen LogP contribution in [0.25, 0.3) is 0 Å². The molecule has 0 spiro atoms. The molecule has 0 aliphatic heterocycles. The van der Waals surface area contributed by atoms with Gasteiger partial charge in [-0.25, -0.2) is 0 Å². The molecule has 0 rings (SSSR count). The molecule has 0 atom stereocenters. The topological polar surface area (TPSA) is 26.0 Å². The fraction of sp³-hybridized carbons (Fsp3) is 0.667. The summed E-state index contributed by atoms with van der Waals surface area (Å²) in [5, 5.41) is 0. The molecule has 0 aliphatic carbocycles. The summed E-state index contributed by atoms with van der Waals surface area (Å²) in [5.41, 5.74) is 9.64. The molecule has 0 saturated carbocycles. The summed E-state index contributed by atoms with van der Waals surface area (Å²) < 4.78 is 0. The van der Waals surface area contributed by atoms with Gasteiger partial charge in [-0.1, -0.05) is 13.3 Å². The summed E-state index contributed by atoms with van der Waals surface area (Å²) >= 11 is 0. The SMILES string of the molecule is CCCCC=C=C(C)CN. The van der Waals surface area contributed by atoms with Crippen molar-refractivity contribution in [2.45, 2.75) is 33.1 Å². The van der Waals surface area contributed by atoms with Gasteiger partial charge < -0.3 is 5.73 Å². The molecule has 0 bridgehead atoms. The Kier molecular flexibility index (Phi) is 6.25. The van der Waals surface area contributed by atoms with Gasteiger partial charge in [-0.15, -0.1) is 5.73 Å². The number of unbranched alkanes of at least 4 members (excludes halogenated alkanes) is 2. The second-order valence-electron chi connectivity index (χ2n) is 2.48. The maximum absolute atomic E-state index is 5.37. The standard InChI is InChI=1S/C9H17N/c1-3-4-5-6-7-9(2)8-10/h6H,3-5,8,10H2,1-2H3. The smallest absolute Gasteiger partial charge is 0.0210 e. The Morgan fingerprint density at radius 1 is 1.60 bits per heavy atom. The van der Waals surface area contributed by atoms with Crippen LogP contribution < -0.4 is 5.73 Å². The maximum atomic E-state index is 5.37. The monoisotopic (exact) mass is 139 g/mol. The van der Waals surface area contributed by atoms with E-state index >= 15 is 0 Å². The van der Waals surface area contributed by atoms with Gasteiger partial charge in [0, 0.05) is 6.54 Å². The quantitative estimate of drug-likeness (QED) is 0.469. The Hall–Kier alpha value is -0.520. The van der Waals surface area contributed by atoms with E-state index in [-0.39, 0.29) is 0 Å². The molecular weight excluding hydrogens is 122 g/mol. The molecule has 0 fully saturated rings. The van der Waals surface area contributed by atoms with Gasteiger partial charge in [0.2, 0.25) is 0 Å². The molecule has 0 saturated heterocycles. The zero-order valence-corrected chi connectivity index (χ0v) is 6.98. The molecule has 0 aliphatic rings. The molecule has 0 radical (unpaired) electrons. The predicted molar refractivity (Wildman–Crippen MR) is 45.8 cm³/mol. The average molecular weight is 139 g/mol. The van der Waals surface area contributed by atoms with E-state index in [0.717, 1.165) is 12.0 Å². The van der Waals surface area contributed by atoms with Crippen molar-refractivity contribution in [3.8, 4) is 0 Å². The molecule has 1 nitrogen and oxygen atoms in total. The second-order valence-corrected chi connectivity index (χ2v) is 2.48. The molecule has 0 unspecified atom stereocenters. The molecule has 1 heteroatoms. The number of hydrogen-bond acceptors (Lipinski definition) is 1. The molecule has 0 heterocycles. The van der Waals surface area contributed by atoms with Crippen LogP contribution in [0.1, 0.15) is 33.1 Å². The van der Waals surface area contributed by atoms with Crippen LogP contribution in [0.5, 0.6) is 0 Å². The number of rotatable bonds is 4. The van der Waals surface area contributed by atoms with Crippen LogP contribution in [-0.4, -0.2) is 6.54 Å². The Morgan fingerprint density at radius 3 is 2.80 bits per heavy atom. The van der Waals surface area contributed by atoms with Crippen LogP contribution in [0.4, 0.5) is 0 Å². The highest BCUT2D eigenvalue weighted by Crippen LogP contribution is 1.94. The van der Waals surface area contributed by atoms with E-state index in [2.05, 4.69) is 18.7 Å². The largest absolute Gasteiger partial charge is 0.326 e. The molecule has 0 aromatic carbocycles. The van der Waals surface area contributed by atoms with Crippen molar-refractivity contribution in [3.05, 3.63) is 17.4 Å². The lowest BCUT2D eigenvalue weighted by Gasteiger charge is -1.87.